The van der Waals surface area contributed by atoms with E-state index >= 15 is 0 Å². The Kier molecular flexibility index (Phi) is 19.1. The highest BCUT2D eigenvalue weighted by Gasteiger charge is 2.31. The van der Waals surface area contributed by atoms with Crippen molar-refractivity contribution < 1.29 is 51.2 Å². The maximum Gasteiger partial charge on any atom is 0.573 e. The van der Waals surface area contributed by atoms with Crippen LogP contribution in [-0.4, -0.2) is 108 Å². The summed E-state index contributed by atoms with van der Waals surface area (Å²) in [6.07, 6.45) is 0.0494. The molecule has 51 heavy (non-hydrogen) atoms. The number of urea groups is 1. The van der Waals surface area contributed by atoms with E-state index in [2.05, 4.69) is 20.7 Å². The van der Waals surface area contributed by atoms with Gasteiger partial charge in [0.05, 0.1) is 52.9 Å². The molecule has 0 aliphatic heterocycles. The number of nitrogens with one attached hydrogen (secondary N) is 3. The first-order chi connectivity index (χ1) is 24.6. The maximum atomic E-state index is 13.4. The molecule has 2 aromatic rings. The molecule has 1 fully saturated rings. The van der Waals surface area contributed by atoms with Gasteiger partial charge in [-0.2, -0.15) is 0 Å². The first-order valence-corrected chi connectivity index (χ1v) is 17.2. The summed E-state index contributed by atoms with van der Waals surface area (Å²) in [6.45, 7) is 4.78. The van der Waals surface area contributed by atoms with Crippen LogP contribution in [0.5, 0.6) is 5.75 Å². The topological polar surface area (TPSA) is 163 Å². The van der Waals surface area contributed by atoms with E-state index in [-0.39, 0.29) is 49.1 Å². The minimum Gasteiger partial charge on any atom is -0.406 e. The van der Waals surface area contributed by atoms with Crippen molar-refractivity contribution in [3.63, 3.8) is 0 Å². The summed E-state index contributed by atoms with van der Waals surface area (Å²) in [5.74, 6) is -0.927. The largest absolute Gasteiger partial charge is 0.573 e. The van der Waals surface area contributed by atoms with E-state index in [1.807, 2.05) is 0 Å². The van der Waals surface area contributed by atoms with Crippen LogP contribution < -0.4 is 26.4 Å². The van der Waals surface area contributed by atoms with Gasteiger partial charge >= 0.3 is 12.4 Å². The van der Waals surface area contributed by atoms with Crippen LogP contribution >= 0.6 is 0 Å². The number of anilines is 1. The number of ether oxygens (including phenoxy) is 5. The number of alkyl halides is 3. The highest BCUT2D eigenvalue weighted by Crippen LogP contribution is 2.27. The van der Waals surface area contributed by atoms with Gasteiger partial charge in [-0.25, -0.2) is 4.79 Å². The van der Waals surface area contributed by atoms with E-state index in [0.717, 1.165) is 49.8 Å². The molecule has 0 saturated heterocycles. The van der Waals surface area contributed by atoms with Crippen molar-refractivity contribution in [1.29, 1.82) is 0 Å². The van der Waals surface area contributed by atoms with E-state index in [1.165, 1.54) is 12.1 Å². The van der Waals surface area contributed by atoms with E-state index in [1.54, 1.807) is 29.2 Å². The Morgan fingerprint density at radius 3 is 1.92 bits per heavy atom. The average molecular weight is 726 g/mol. The summed E-state index contributed by atoms with van der Waals surface area (Å²) < 4.78 is 62.8. The molecular formula is C35H50F3N5O8. The molecule has 0 unspecified atom stereocenters. The van der Waals surface area contributed by atoms with Crippen LogP contribution in [0.25, 0.3) is 0 Å². The Balaban J connectivity index is 1.33. The Bertz CT molecular complexity index is 1300. The second-order valence-electron chi connectivity index (χ2n) is 11.7. The lowest BCUT2D eigenvalue weighted by atomic mass is 9.94. The summed E-state index contributed by atoms with van der Waals surface area (Å²) in [6, 6.07) is 11.5. The number of hydrogen-bond donors (Lipinski definition) is 4. The van der Waals surface area contributed by atoms with E-state index in [0.29, 0.717) is 77.2 Å². The number of carbonyl (C=O) groups excluding carboxylic acids is 3. The highest BCUT2D eigenvalue weighted by atomic mass is 19.4. The molecule has 0 bridgehead atoms. The lowest BCUT2D eigenvalue weighted by Gasteiger charge is -2.34. The Morgan fingerprint density at radius 2 is 1.33 bits per heavy atom. The van der Waals surface area contributed by atoms with Crippen molar-refractivity contribution in [1.82, 2.24) is 15.5 Å². The average Bonchev–Trinajstić information content (AvgIpc) is 3.11. The van der Waals surface area contributed by atoms with Crippen LogP contribution in [0, 0.1) is 0 Å². The molecule has 1 aliphatic rings. The number of nitrogens with two attached hydrogens (primary N) is 1. The van der Waals surface area contributed by atoms with Gasteiger partial charge in [0, 0.05) is 49.9 Å². The van der Waals surface area contributed by atoms with Crippen LogP contribution in [0.1, 0.15) is 54.4 Å². The van der Waals surface area contributed by atoms with Crippen molar-refractivity contribution in [3.8, 4) is 5.75 Å². The van der Waals surface area contributed by atoms with E-state index < -0.39 is 6.36 Å². The molecule has 5 N–H and O–H groups in total. The van der Waals surface area contributed by atoms with Crippen LogP contribution in [0.2, 0.25) is 0 Å². The number of amides is 4. The molecule has 0 radical (unpaired) electrons. The number of nitrogens with zero attached hydrogens (tertiary/aromatic N) is 1. The van der Waals surface area contributed by atoms with Gasteiger partial charge in [0.1, 0.15) is 5.75 Å². The lowest BCUT2D eigenvalue weighted by Crippen LogP contribution is -2.43. The van der Waals surface area contributed by atoms with Crippen LogP contribution in [0.4, 0.5) is 23.7 Å². The molecule has 1 saturated carbocycles. The molecular weight excluding hydrogens is 675 g/mol. The molecule has 0 heterocycles. The molecule has 284 valence electrons. The van der Waals surface area contributed by atoms with Gasteiger partial charge in [-0.05, 0) is 54.8 Å². The predicted molar refractivity (Wildman–Crippen MR) is 183 cm³/mol. The van der Waals surface area contributed by atoms with Crippen LogP contribution in [0.3, 0.4) is 0 Å². The van der Waals surface area contributed by atoms with E-state index in [4.69, 9.17) is 24.7 Å². The minimum atomic E-state index is -4.80. The Labute approximate surface area is 296 Å². The van der Waals surface area contributed by atoms with Gasteiger partial charge < -0.3 is 50.3 Å². The number of rotatable bonds is 23. The summed E-state index contributed by atoms with van der Waals surface area (Å²) in [5.41, 5.74) is 6.89. The van der Waals surface area contributed by atoms with Gasteiger partial charge in [0.15, 0.2) is 0 Å². The van der Waals surface area contributed by atoms with Gasteiger partial charge in [0.2, 0.25) is 5.91 Å². The smallest absolute Gasteiger partial charge is 0.406 e. The van der Waals surface area contributed by atoms with E-state index in [9.17, 15) is 27.6 Å². The summed E-state index contributed by atoms with van der Waals surface area (Å²) >= 11 is 0. The molecule has 3 rings (SSSR count). The monoisotopic (exact) mass is 725 g/mol. The van der Waals surface area contributed by atoms with Gasteiger partial charge in [-0.3, -0.25) is 9.59 Å². The maximum absolute atomic E-state index is 13.4. The zero-order valence-corrected chi connectivity index (χ0v) is 28.8. The summed E-state index contributed by atoms with van der Waals surface area (Å²) in [4.78, 5) is 39.9. The number of benzene rings is 2. The van der Waals surface area contributed by atoms with Crippen LogP contribution in [-0.2, 0) is 30.3 Å². The van der Waals surface area contributed by atoms with Crippen molar-refractivity contribution in [2.24, 2.45) is 5.73 Å². The SMILES string of the molecule is NCCOCCOCCOCCOCCNC(=O)CCNC(=O)c1ccc(CN(C(=O)Nc2ccc(OC(F)(F)F)cc2)C2CCCCC2)cc1. The Morgan fingerprint density at radius 1 is 0.745 bits per heavy atom. The third-order valence-electron chi connectivity index (χ3n) is 7.77. The minimum absolute atomic E-state index is 0.00449. The summed E-state index contributed by atoms with van der Waals surface area (Å²) in [5, 5.41) is 8.26. The quantitative estimate of drug-likeness (QED) is 0.123. The van der Waals surface area contributed by atoms with Crippen molar-refractivity contribution in [3.05, 3.63) is 59.7 Å². The van der Waals surface area contributed by atoms with Crippen molar-refractivity contribution in [2.75, 3.05) is 77.8 Å². The molecule has 0 atom stereocenters. The fraction of sp³-hybridized carbons (Fsp3) is 0.571. The first-order valence-electron chi connectivity index (χ1n) is 17.2. The second-order valence-corrected chi connectivity index (χ2v) is 11.7. The normalized spacial score (nSPS) is 13.4. The van der Waals surface area contributed by atoms with Gasteiger partial charge in [0.25, 0.3) is 5.91 Å². The molecule has 0 aromatic heterocycles. The highest BCUT2D eigenvalue weighted by molar-refractivity contribution is 5.94. The summed E-state index contributed by atoms with van der Waals surface area (Å²) in [7, 11) is 0. The number of halogens is 3. The fourth-order valence-corrected chi connectivity index (χ4v) is 5.24. The zero-order valence-electron chi connectivity index (χ0n) is 28.8. The van der Waals surface area contributed by atoms with Gasteiger partial charge in [-0.1, -0.05) is 31.4 Å². The van der Waals surface area contributed by atoms with Crippen molar-refractivity contribution >= 4 is 23.5 Å². The predicted octanol–water partition coefficient (Wildman–Crippen LogP) is 4.21. The third kappa shape index (κ3) is 17.7. The number of carbonyl (C=O) groups is 3. The molecule has 16 heteroatoms. The zero-order chi connectivity index (χ0) is 36.7. The first kappa shape index (κ1) is 41.5. The molecule has 4 amide bonds. The fourth-order valence-electron chi connectivity index (χ4n) is 5.24. The third-order valence-corrected chi connectivity index (χ3v) is 7.77. The second kappa shape index (κ2) is 23.5. The van der Waals surface area contributed by atoms with Crippen molar-refractivity contribution in [2.45, 2.75) is 57.5 Å². The number of hydrogen-bond acceptors (Lipinski definition) is 9. The lowest BCUT2D eigenvalue weighted by molar-refractivity contribution is -0.274. The molecule has 1 aliphatic carbocycles. The molecule has 13 nitrogen and oxygen atoms in total. The standard InChI is InChI=1S/C35H50F3N5O8/c36-35(37,38)51-31-12-10-29(11-13-31)42-34(46)43(30-4-2-1-3-5-30)26-27-6-8-28(9-7-27)33(45)41-16-14-32(44)40-17-19-48-21-23-50-25-24-49-22-20-47-18-15-39/h6-13,30H,1-5,14-26,39H2,(H,40,44)(H,41,45)(H,42,46). The van der Waals surface area contributed by atoms with Crippen LogP contribution in [0.15, 0.2) is 48.5 Å². The molecule has 0 spiro atoms. The molecule has 2 aromatic carbocycles. The van der Waals surface area contributed by atoms with Gasteiger partial charge in [-0.15, -0.1) is 13.2 Å². The Hall–Kier alpha value is -3.96.